The Morgan fingerprint density at radius 1 is 1.50 bits per heavy atom. The van der Waals surface area contributed by atoms with Crippen molar-refractivity contribution in [1.29, 1.82) is 0 Å². The average Bonchev–Trinajstić information content (AvgIpc) is 2.28. The van der Waals surface area contributed by atoms with Gasteiger partial charge in [0.05, 0.1) is 4.92 Å². The van der Waals surface area contributed by atoms with Gasteiger partial charge in [-0.05, 0) is 26.1 Å². The lowest BCUT2D eigenvalue weighted by atomic mass is 10.2. The van der Waals surface area contributed by atoms with Gasteiger partial charge in [-0.15, -0.1) is 0 Å². The summed E-state index contributed by atoms with van der Waals surface area (Å²) in [6, 6.07) is 3.27. The highest BCUT2D eigenvalue weighted by atomic mass is 19.1. The van der Waals surface area contributed by atoms with Crippen molar-refractivity contribution >= 4 is 17.3 Å². The van der Waals surface area contributed by atoms with Gasteiger partial charge in [-0.25, -0.2) is 0 Å². The molecule has 1 rings (SSSR count). The van der Waals surface area contributed by atoms with E-state index in [1.807, 2.05) is 0 Å². The SMILES string of the molecule is CNCCCC(=O)Nc1ccc([N+](=O)[O-])c(F)c1. The van der Waals surface area contributed by atoms with Gasteiger partial charge < -0.3 is 10.6 Å². The van der Waals surface area contributed by atoms with Gasteiger partial charge in [-0.2, -0.15) is 4.39 Å². The third kappa shape index (κ3) is 4.10. The van der Waals surface area contributed by atoms with Crippen LogP contribution in [0.1, 0.15) is 12.8 Å². The summed E-state index contributed by atoms with van der Waals surface area (Å²) in [7, 11) is 1.78. The Bertz CT molecular complexity index is 451. The minimum Gasteiger partial charge on any atom is -0.326 e. The van der Waals surface area contributed by atoms with Gasteiger partial charge in [0.2, 0.25) is 11.7 Å². The van der Waals surface area contributed by atoms with Crippen molar-refractivity contribution < 1.29 is 14.1 Å². The highest BCUT2D eigenvalue weighted by molar-refractivity contribution is 5.90. The molecule has 0 saturated heterocycles. The Balaban J connectivity index is 2.60. The molecule has 0 heterocycles. The molecule has 0 aliphatic rings. The molecular formula is C11H14FN3O3. The van der Waals surface area contributed by atoms with Gasteiger partial charge in [0.1, 0.15) is 0 Å². The van der Waals surface area contributed by atoms with E-state index >= 15 is 0 Å². The van der Waals surface area contributed by atoms with Crippen LogP contribution < -0.4 is 10.6 Å². The summed E-state index contributed by atoms with van der Waals surface area (Å²) in [5, 5.41) is 15.8. The summed E-state index contributed by atoms with van der Waals surface area (Å²) in [6.45, 7) is 0.710. The summed E-state index contributed by atoms with van der Waals surface area (Å²) < 4.78 is 13.3. The van der Waals surface area contributed by atoms with Crippen LogP contribution in [0.3, 0.4) is 0 Å². The van der Waals surface area contributed by atoms with Crippen molar-refractivity contribution in [3.63, 3.8) is 0 Å². The lowest BCUT2D eigenvalue weighted by Gasteiger charge is -2.05. The molecule has 0 bridgehead atoms. The van der Waals surface area contributed by atoms with E-state index in [-0.39, 0.29) is 11.6 Å². The third-order valence-corrected chi connectivity index (χ3v) is 2.26. The lowest BCUT2D eigenvalue weighted by molar-refractivity contribution is -0.387. The molecule has 1 aromatic carbocycles. The third-order valence-electron chi connectivity index (χ3n) is 2.26. The monoisotopic (exact) mass is 255 g/mol. The van der Waals surface area contributed by atoms with Crippen molar-refractivity contribution in [2.45, 2.75) is 12.8 Å². The second-order valence-corrected chi connectivity index (χ2v) is 3.68. The molecule has 0 aliphatic carbocycles. The van der Waals surface area contributed by atoms with Crippen LogP contribution in [-0.4, -0.2) is 24.4 Å². The summed E-state index contributed by atoms with van der Waals surface area (Å²) in [6.07, 6.45) is 0.969. The van der Waals surface area contributed by atoms with Crippen LogP contribution in [-0.2, 0) is 4.79 Å². The van der Waals surface area contributed by atoms with Crippen LogP contribution in [0, 0.1) is 15.9 Å². The number of nitro benzene ring substituents is 1. The number of carbonyl (C=O) groups excluding carboxylic acids is 1. The molecule has 1 amide bonds. The molecular weight excluding hydrogens is 241 g/mol. The number of carbonyl (C=O) groups is 1. The van der Waals surface area contributed by atoms with Crippen LogP contribution in [0.4, 0.5) is 15.8 Å². The Hall–Kier alpha value is -2.02. The molecule has 0 atom stereocenters. The number of rotatable bonds is 6. The fourth-order valence-electron chi connectivity index (χ4n) is 1.38. The van der Waals surface area contributed by atoms with E-state index in [9.17, 15) is 19.3 Å². The van der Waals surface area contributed by atoms with Crippen LogP contribution in [0.5, 0.6) is 0 Å². The first-order chi connectivity index (χ1) is 8.54. The number of nitrogens with one attached hydrogen (secondary N) is 2. The molecule has 1 aromatic rings. The maximum Gasteiger partial charge on any atom is 0.304 e. The van der Waals surface area contributed by atoms with Crippen molar-refractivity contribution in [3.8, 4) is 0 Å². The molecule has 2 N–H and O–H groups in total. The quantitative estimate of drug-likeness (QED) is 0.460. The van der Waals surface area contributed by atoms with Crippen LogP contribution in [0.15, 0.2) is 18.2 Å². The Labute approximate surface area is 103 Å². The topological polar surface area (TPSA) is 84.3 Å². The molecule has 0 spiro atoms. The number of nitro groups is 1. The van der Waals surface area contributed by atoms with Crippen LogP contribution in [0.25, 0.3) is 0 Å². The minimum absolute atomic E-state index is 0.215. The summed E-state index contributed by atoms with van der Waals surface area (Å²) >= 11 is 0. The van der Waals surface area contributed by atoms with Crippen molar-refractivity contribution in [2.75, 3.05) is 18.9 Å². The van der Waals surface area contributed by atoms with E-state index < -0.39 is 16.4 Å². The van der Waals surface area contributed by atoms with E-state index in [4.69, 9.17) is 0 Å². The first-order valence-electron chi connectivity index (χ1n) is 5.43. The molecule has 7 heteroatoms. The molecule has 0 saturated carbocycles. The smallest absolute Gasteiger partial charge is 0.304 e. The second kappa shape index (κ2) is 6.65. The fraction of sp³-hybridized carbons (Fsp3) is 0.364. The normalized spacial score (nSPS) is 10.1. The average molecular weight is 255 g/mol. The predicted molar refractivity (Wildman–Crippen MR) is 64.8 cm³/mol. The largest absolute Gasteiger partial charge is 0.326 e. The maximum atomic E-state index is 13.3. The number of anilines is 1. The number of hydrogen-bond donors (Lipinski definition) is 2. The fourth-order valence-corrected chi connectivity index (χ4v) is 1.38. The second-order valence-electron chi connectivity index (χ2n) is 3.68. The highest BCUT2D eigenvalue weighted by Gasteiger charge is 2.14. The number of amides is 1. The zero-order valence-corrected chi connectivity index (χ0v) is 9.90. The van der Waals surface area contributed by atoms with Crippen LogP contribution in [0.2, 0.25) is 0 Å². The standard InChI is InChI=1S/C11H14FN3O3/c1-13-6-2-3-11(16)14-8-4-5-10(15(17)18)9(12)7-8/h4-5,7,13H,2-3,6H2,1H3,(H,14,16). The van der Waals surface area contributed by atoms with E-state index in [1.54, 1.807) is 7.05 Å². The molecule has 6 nitrogen and oxygen atoms in total. The van der Waals surface area contributed by atoms with Crippen molar-refractivity contribution in [1.82, 2.24) is 5.32 Å². The molecule has 0 fully saturated rings. The number of nitrogens with zero attached hydrogens (tertiary/aromatic N) is 1. The Kier molecular flexibility index (Phi) is 5.19. The lowest BCUT2D eigenvalue weighted by Crippen LogP contribution is -2.15. The van der Waals surface area contributed by atoms with Crippen LogP contribution >= 0.6 is 0 Å². The highest BCUT2D eigenvalue weighted by Crippen LogP contribution is 2.20. The summed E-state index contributed by atoms with van der Waals surface area (Å²) in [4.78, 5) is 21.0. The zero-order chi connectivity index (χ0) is 13.5. The van der Waals surface area contributed by atoms with Crippen molar-refractivity contribution in [2.24, 2.45) is 0 Å². The molecule has 0 unspecified atom stereocenters. The minimum atomic E-state index is -0.965. The Morgan fingerprint density at radius 3 is 2.78 bits per heavy atom. The van der Waals surface area contributed by atoms with E-state index in [1.165, 1.54) is 6.07 Å². The Morgan fingerprint density at radius 2 is 2.22 bits per heavy atom. The van der Waals surface area contributed by atoms with Gasteiger partial charge in [0.15, 0.2) is 0 Å². The van der Waals surface area contributed by atoms with Gasteiger partial charge in [0.25, 0.3) is 0 Å². The summed E-state index contributed by atoms with van der Waals surface area (Å²) in [5.74, 6) is -1.22. The molecule has 0 aromatic heterocycles. The number of halogens is 1. The van der Waals surface area contributed by atoms with Gasteiger partial charge in [-0.3, -0.25) is 14.9 Å². The number of benzene rings is 1. The van der Waals surface area contributed by atoms with E-state index in [2.05, 4.69) is 10.6 Å². The van der Waals surface area contributed by atoms with Gasteiger partial charge in [0, 0.05) is 24.2 Å². The summed E-state index contributed by atoms with van der Waals surface area (Å²) in [5.41, 5.74) is -0.393. The first kappa shape index (κ1) is 14.0. The van der Waals surface area contributed by atoms with E-state index in [0.717, 1.165) is 12.1 Å². The van der Waals surface area contributed by atoms with Crippen molar-refractivity contribution in [3.05, 3.63) is 34.1 Å². The van der Waals surface area contributed by atoms with Gasteiger partial charge in [-0.1, -0.05) is 0 Å². The molecule has 18 heavy (non-hydrogen) atoms. The molecule has 98 valence electrons. The predicted octanol–water partition coefficient (Wildman–Crippen LogP) is 1.67. The van der Waals surface area contributed by atoms with E-state index in [0.29, 0.717) is 19.4 Å². The maximum absolute atomic E-state index is 13.3. The molecule has 0 aliphatic heterocycles. The molecule has 0 radical (unpaired) electrons. The number of hydrogen-bond acceptors (Lipinski definition) is 4. The van der Waals surface area contributed by atoms with Gasteiger partial charge >= 0.3 is 5.69 Å². The zero-order valence-electron chi connectivity index (χ0n) is 9.90. The first-order valence-corrected chi connectivity index (χ1v) is 5.43.